The lowest BCUT2D eigenvalue weighted by Crippen LogP contribution is -2.25. The second kappa shape index (κ2) is 10.4. The van der Waals surface area contributed by atoms with Gasteiger partial charge in [-0.3, -0.25) is 9.69 Å². The smallest absolute Gasteiger partial charge is 0.307 e. The molecule has 0 saturated heterocycles. The van der Waals surface area contributed by atoms with E-state index >= 15 is 0 Å². The molecule has 0 fully saturated rings. The molecule has 0 aliphatic carbocycles. The maximum absolute atomic E-state index is 11.3. The summed E-state index contributed by atoms with van der Waals surface area (Å²) in [6.45, 7) is 2.51. The molecule has 3 aromatic rings. The lowest BCUT2D eigenvalue weighted by Gasteiger charge is -2.23. The van der Waals surface area contributed by atoms with Crippen LogP contribution < -0.4 is 4.74 Å². The van der Waals surface area contributed by atoms with Crippen LogP contribution in [0.15, 0.2) is 78.9 Å². The average molecular weight is 389 g/mol. The normalized spacial score (nSPS) is 10.8. The van der Waals surface area contributed by atoms with Crippen LogP contribution >= 0.6 is 0 Å². The van der Waals surface area contributed by atoms with Crippen molar-refractivity contribution in [2.24, 2.45) is 0 Å². The van der Waals surface area contributed by atoms with Crippen molar-refractivity contribution < 1.29 is 14.6 Å². The van der Waals surface area contributed by atoms with E-state index in [1.165, 1.54) is 11.1 Å². The van der Waals surface area contributed by atoms with Crippen molar-refractivity contribution in [3.8, 4) is 5.75 Å². The SMILES string of the molecule is COc1ccc(CC(=O)O)c(CCN(Cc2ccccc2)Cc2ccccc2)c1. The van der Waals surface area contributed by atoms with Gasteiger partial charge in [-0.2, -0.15) is 0 Å². The first-order chi connectivity index (χ1) is 14.1. The Hall–Kier alpha value is -3.11. The van der Waals surface area contributed by atoms with Crippen molar-refractivity contribution in [2.45, 2.75) is 25.9 Å². The molecular formula is C25H27NO3. The van der Waals surface area contributed by atoms with Crippen LogP contribution in [0.25, 0.3) is 0 Å². The van der Waals surface area contributed by atoms with Gasteiger partial charge in [0.1, 0.15) is 5.75 Å². The van der Waals surface area contributed by atoms with E-state index in [1.54, 1.807) is 7.11 Å². The van der Waals surface area contributed by atoms with E-state index in [2.05, 4.69) is 53.4 Å². The Bertz CT molecular complexity index is 868. The first-order valence-electron chi connectivity index (χ1n) is 9.82. The minimum absolute atomic E-state index is 0.0245. The van der Waals surface area contributed by atoms with Gasteiger partial charge in [-0.05, 0) is 40.8 Å². The van der Waals surface area contributed by atoms with Gasteiger partial charge in [0.15, 0.2) is 0 Å². The van der Waals surface area contributed by atoms with Gasteiger partial charge in [-0.15, -0.1) is 0 Å². The highest BCUT2D eigenvalue weighted by Crippen LogP contribution is 2.20. The topological polar surface area (TPSA) is 49.8 Å². The fraction of sp³-hybridized carbons (Fsp3) is 0.240. The molecule has 150 valence electrons. The van der Waals surface area contributed by atoms with Crippen LogP contribution in [0.4, 0.5) is 0 Å². The van der Waals surface area contributed by atoms with Gasteiger partial charge in [0.25, 0.3) is 0 Å². The lowest BCUT2D eigenvalue weighted by molar-refractivity contribution is -0.136. The van der Waals surface area contributed by atoms with Crippen LogP contribution in [0.3, 0.4) is 0 Å². The lowest BCUT2D eigenvalue weighted by atomic mass is 10.0. The maximum Gasteiger partial charge on any atom is 0.307 e. The quantitative estimate of drug-likeness (QED) is 0.552. The van der Waals surface area contributed by atoms with Crippen molar-refractivity contribution in [1.29, 1.82) is 0 Å². The Kier molecular flexibility index (Phi) is 7.42. The van der Waals surface area contributed by atoms with E-state index in [0.717, 1.165) is 42.9 Å². The van der Waals surface area contributed by atoms with E-state index in [0.29, 0.717) is 0 Å². The van der Waals surface area contributed by atoms with Gasteiger partial charge in [-0.1, -0.05) is 66.7 Å². The third-order valence-electron chi connectivity index (χ3n) is 4.95. The number of rotatable bonds is 10. The monoisotopic (exact) mass is 389 g/mol. The minimum atomic E-state index is -0.818. The molecular weight excluding hydrogens is 362 g/mol. The maximum atomic E-state index is 11.3. The van der Waals surface area contributed by atoms with E-state index in [1.807, 2.05) is 30.3 Å². The number of carboxylic acids is 1. The summed E-state index contributed by atoms with van der Waals surface area (Å²) < 4.78 is 5.35. The Morgan fingerprint density at radius 3 is 1.97 bits per heavy atom. The second-order valence-corrected chi connectivity index (χ2v) is 7.14. The van der Waals surface area contributed by atoms with Crippen LogP contribution in [-0.2, 0) is 30.7 Å². The molecule has 0 heterocycles. The van der Waals surface area contributed by atoms with Crippen LogP contribution in [0.5, 0.6) is 5.75 Å². The molecule has 0 radical (unpaired) electrons. The Balaban J connectivity index is 1.77. The van der Waals surface area contributed by atoms with Crippen LogP contribution in [0, 0.1) is 0 Å². The summed E-state index contributed by atoms with van der Waals surface area (Å²) in [5.74, 6) is -0.0614. The summed E-state index contributed by atoms with van der Waals surface area (Å²) in [6, 6.07) is 26.5. The molecule has 0 aromatic heterocycles. The Morgan fingerprint density at radius 2 is 1.45 bits per heavy atom. The molecule has 4 heteroatoms. The highest BCUT2D eigenvalue weighted by Gasteiger charge is 2.12. The van der Waals surface area contributed by atoms with Gasteiger partial charge in [-0.25, -0.2) is 0 Å². The van der Waals surface area contributed by atoms with Crippen molar-refractivity contribution in [3.63, 3.8) is 0 Å². The molecule has 0 amide bonds. The summed E-state index contributed by atoms with van der Waals surface area (Å²) in [4.78, 5) is 13.7. The number of aliphatic carboxylic acids is 1. The third kappa shape index (κ3) is 6.47. The van der Waals surface area contributed by atoms with Crippen LogP contribution in [0.2, 0.25) is 0 Å². The zero-order valence-electron chi connectivity index (χ0n) is 16.8. The molecule has 0 atom stereocenters. The number of nitrogens with zero attached hydrogens (tertiary/aromatic N) is 1. The van der Waals surface area contributed by atoms with E-state index in [-0.39, 0.29) is 6.42 Å². The molecule has 0 aliphatic rings. The minimum Gasteiger partial charge on any atom is -0.497 e. The molecule has 0 unspecified atom stereocenters. The fourth-order valence-corrected chi connectivity index (χ4v) is 3.47. The average Bonchev–Trinajstić information content (AvgIpc) is 2.74. The third-order valence-corrected chi connectivity index (χ3v) is 4.95. The van der Waals surface area contributed by atoms with Gasteiger partial charge in [0, 0.05) is 19.6 Å². The number of benzene rings is 3. The summed E-state index contributed by atoms with van der Waals surface area (Å²) in [7, 11) is 1.63. The van der Waals surface area contributed by atoms with Gasteiger partial charge < -0.3 is 9.84 Å². The molecule has 4 nitrogen and oxygen atoms in total. The molecule has 3 aromatic carbocycles. The highest BCUT2D eigenvalue weighted by molar-refractivity contribution is 5.71. The standard InChI is InChI=1S/C25H27NO3/c1-29-24-13-12-22(17-25(27)28)23(16-24)14-15-26(18-20-8-4-2-5-9-20)19-21-10-6-3-7-11-21/h2-13,16H,14-15,17-19H2,1H3,(H,27,28). The summed E-state index contributed by atoms with van der Waals surface area (Å²) in [5.41, 5.74) is 4.40. The number of carbonyl (C=O) groups is 1. The number of carboxylic acid groups (broad SMARTS) is 1. The first-order valence-corrected chi connectivity index (χ1v) is 9.82. The number of hydrogen-bond acceptors (Lipinski definition) is 3. The van der Waals surface area contributed by atoms with Gasteiger partial charge in [0.05, 0.1) is 13.5 Å². The van der Waals surface area contributed by atoms with E-state index in [9.17, 15) is 9.90 Å². The highest BCUT2D eigenvalue weighted by atomic mass is 16.5. The molecule has 0 aliphatic heterocycles. The van der Waals surface area contributed by atoms with Gasteiger partial charge >= 0.3 is 5.97 Å². The van der Waals surface area contributed by atoms with Crippen molar-refractivity contribution in [2.75, 3.05) is 13.7 Å². The largest absolute Gasteiger partial charge is 0.497 e. The predicted molar refractivity (Wildman–Crippen MR) is 115 cm³/mol. The summed E-state index contributed by atoms with van der Waals surface area (Å²) in [6.07, 6.45) is 0.788. The van der Waals surface area contributed by atoms with Crippen molar-refractivity contribution in [1.82, 2.24) is 4.90 Å². The van der Waals surface area contributed by atoms with E-state index in [4.69, 9.17) is 4.74 Å². The molecule has 3 rings (SSSR count). The van der Waals surface area contributed by atoms with Gasteiger partial charge in [0.2, 0.25) is 0 Å². The summed E-state index contributed by atoms with van der Waals surface area (Å²) in [5, 5.41) is 9.24. The van der Waals surface area contributed by atoms with Crippen LogP contribution in [-0.4, -0.2) is 29.6 Å². The molecule has 0 spiro atoms. The zero-order valence-corrected chi connectivity index (χ0v) is 16.8. The van der Waals surface area contributed by atoms with Crippen molar-refractivity contribution >= 4 is 5.97 Å². The molecule has 0 bridgehead atoms. The summed E-state index contributed by atoms with van der Waals surface area (Å²) >= 11 is 0. The molecule has 1 N–H and O–H groups in total. The Labute approximate surface area is 172 Å². The fourth-order valence-electron chi connectivity index (χ4n) is 3.47. The first kappa shape index (κ1) is 20.6. The Morgan fingerprint density at radius 1 is 0.862 bits per heavy atom. The number of methoxy groups -OCH3 is 1. The molecule has 0 saturated carbocycles. The number of hydrogen-bond donors (Lipinski definition) is 1. The second-order valence-electron chi connectivity index (χ2n) is 7.14. The predicted octanol–water partition coefficient (Wildman–Crippen LogP) is 4.57. The van der Waals surface area contributed by atoms with E-state index < -0.39 is 5.97 Å². The zero-order chi connectivity index (χ0) is 20.5. The van der Waals surface area contributed by atoms with Crippen molar-refractivity contribution in [3.05, 3.63) is 101 Å². The number of ether oxygens (including phenoxy) is 1. The van der Waals surface area contributed by atoms with Crippen LogP contribution in [0.1, 0.15) is 22.3 Å². The molecule has 29 heavy (non-hydrogen) atoms.